The highest BCUT2D eigenvalue weighted by Crippen LogP contribution is 2.37. The minimum atomic E-state index is -4.75. The Balaban J connectivity index is 1.96. The van der Waals surface area contributed by atoms with Crippen LogP contribution in [0.25, 0.3) is 33.1 Å². The Labute approximate surface area is 174 Å². The summed E-state index contributed by atoms with van der Waals surface area (Å²) in [5.74, 6) is 0. The summed E-state index contributed by atoms with van der Waals surface area (Å²) in [6.45, 7) is 5.58. The summed E-state index contributed by atoms with van der Waals surface area (Å²) in [5.41, 5.74) is -2.00. The molecule has 0 N–H and O–H groups in total. The minimum absolute atomic E-state index is 0.0103. The van der Waals surface area contributed by atoms with Gasteiger partial charge in [-0.3, -0.25) is 0 Å². The zero-order chi connectivity index (χ0) is 22.3. The SMILES string of the molecule is CCN(CC)c1ccc2cc(-c3cccc4c(C(F)(F)F)cc(=O)oc34)c(=O)oc2c1. The molecule has 0 radical (unpaired) electrons. The van der Waals surface area contributed by atoms with Crippen LogP contribution in [0.1, 0.15) is 19.4 Å². The van der Waals surface area contributed by atoms with Gasteiger partial charge in [0.1, 0.15) is 11.2 Å². The van der Waals surface area contributed by atoms with Crippen LogP contribution in [-0.2, 0) is 6.18 Å². The van der Waals surface area contributed by atoms with E-state index in [-0.39, 0.29) is 22.1 Å². The first kappa shape index (κ1) is 20.7. The lowest BCUT2D eigenvalue weighted by atomic mass is 10.0. The highest BCUT2D eigenvalue weighted by molar-refractivity contribution is 5.95. The van der Waals surface area contributed by atoms with Crippen LogP contribution in [0.4, 0.5) is 18.9 Å². The molecule has 2 aromatic carbocycles. The predicted molar refractivity (Wildman–Crippen MR) is 113 cm³/mol. The van der Waals surface area contributed by atoms with Crippen molar-refractivity contribution in [2.24, 2.45) is 0 Å². The van der Waals surface area contributed by atoms with Crippen molar-refractivity contribution in [3.05, 3.63) is 74.9 Å². The van der Waals surface area contributed by atoms with Crippen molar-refractivity contribution in [2.75, 3.05) is 18.0 Å². The number of anilines is 1. The molecule has 2 aromatic heterocycles. The van der Waals surface area contributed by atoms with Crippen molar-refractivity contribution in [3.8, 4) is 11.1 Å². The molecule has 0 spiro atoms. The molecule has 0 aliphatic carbocycles. The van der Waals surface area contributed by atoms with Gasteiger partial charge in [0.15, 0.2) is 0 Å². The summed E-state index contributed by atoms with van der Waals surface area (Å²) in [5, 5.41) is 0.290. The van der Waals surface area contributed by atoms with E-state index in [0.717, 1.165) is 18.8 Å². The summed E-state index contributed by atoms with van der Waals surface area (Å²) < 4.78 is 50.8. The molecule has 160 valence electrons. The van der Waals surface area contributed by atoms with E-state index in [1.807, 2.05) is 19.9 Å². The topological polar surface area (TPSA) is 63.7 Å². The molecule has 2 heterocycles. The Morgan fingerprint density at radius 2 is 1.65 bits per heavy atom. The highest BCUT2D eigenvalue weighted by Gasteiger charge is 2.34. The Kier molecular flexibility index (Phi) is 5.08. The van der Waals surface area contributed by atoms with E-state index < -0.39 is 23.0 Å². The van der Waals surface area contributed by atoms with Crippen LogP contribution < -0.4 is 16.2 Å². The van der Waals surface area contributed by atoms with Gasteiger partial charge in [-0.2, -0.15) is 13.2 Å². The number of halogens is 3. The average Bonchev–Trinajstić information content (AvgIpc) is 2.72. The Bertz CT molecular complexity index is 1400. The van der Waals surface area contributed by atoms with Gasteiger partial charge < -0.3 is 13.7 Å². The monoisotopic (exact) mass is 429 g/mol. The third-order valence-corrected chi connectivity index (χ3v) is 5.21. The zero-order valence-corrected chi connectivity index (χ0v) is 16.7. The van der Waals surface area contributed by atoms with E-state index >= 15 is 0 Å². The van der Waals surface area contributed by atoms with Crippen LogP contribution in [0, 0.1) is 0 Å². The summed E-state index contributed by atoms with van der Waals surface area (Å²) in [4.78, 5) is 26.6. The van der Waals surface area contributed by atoms with Crippen LogP contribution in [0.15, 0.2) is 67.0 Å². The number of rotatable bonds is 4. The number of fused-ring (bicyclic) bond motifs is 2. The lowest BCUT2D eigenvalue weighted by molar-refractivity contribution is -0.136. The minimum Gasteiger partial charge on any atom is -0.422 e. The lowest BCUT2D eigenvalue weighted by Gasteiger charge is -2.21. The molecule has 0 aliphatic heterocycles. The van der Waals surface area contributed by atoms with Gasteiger partial charge in [0.2, 0.25) is 0 Å². The number of hydrogen-bond donors (Lipinski definition) is 0. The molecule has 8 heteroatoms. The van der Waals surface area contributed by atoms with E-state index in [1.54, 1.807) is 12.1 Å². The van der Waals surface area contributed by atoms with E-state index in [0.29, 0.717) is 17.0 Å². The molecule has 0 atom stereocenters. The molecule has 0 fully saturated rings. The predicted octanol–water partition coefficient (Wildman–Crippen LogP) is 5.43. The van der Waals surface area contributed by atoms with E-state index in [4.69, 9.17) is 8.83 Å². The van der Waals surface area contributed by atoms with Gasteiger partial charge in [0, 0.05) is 47.2 Å². The van der Waals surface area contributed by atoms with Gasteiger partial charge in [0.25, 0.3) is 0 Å². The van der Waals surface area contributed by atoms with Crippen molar-refractivity contribution in [2.45, 2.75) is 20.0 Å². The number of benzene rings is 2. The van der Waals surface area contributed by atoms with Crippen molar-refractivity contribution >= 4 is 27.6 Å². The molecule has 4 rings (SSSR count). The largest absolute Gasteiger partial charge is 0.422 e. The van der Waals surface area contributed by atoms with Crippen LogP contribution >= 0.6 is 0 Å². The number of nitrogens with zero attached hydrogens (tertiary/aromatic N) is 1. The van der Waals surface area contributed by atoms with Crippen LogP contribution in [0.3, 0.4) is 0 Å². The molecule has 0 amide bonds. The fraction of sp³-hybridized carbons (Fsp3) is 0.217. The third kappa shape index (κ3) is 3.69. The molecule has 0 aliphatic rings. The third-order valence-electron chi connectivity index (χ3n) is 5.21. The van der Waals surface area contributed by atoms with E-state index in [9.17, 15) is 22.8 Å². The standard InChI is InChI=1S/C23H18F3NO4/c1-3-27(4-2)14-9-8-13-10-17(22(29)30-19(13)11-14)15-6-5-7-16-18(23(24,25)26)12-20(28)31-21(15)16/h5-12H,3-4H2,1-2H3. The Morgan fingerprint density at radius 3 is 2.32 bits per heavy atom. The number of alkyl halides is 3. The first-order valence-corrected chi connectivity index (χ1v) is 9.70. The number of hydrogen-bond acceptors (Lipinski definition) is 5. The number of para-hydroxylation sites is 1. The zero-order valence-electron chi connectivity index (χ0n) is 16.7. The summed E-state index contributed by atoms with van der Waals surface area (Å²) in [6, 6.07) is 11.3. The lowest BCUT2D eigenvalue weighted by Crippen LogP contribution is -2.21. The Hall–Kier alpha value is -3.55. The summed E-state index contributed by atoms with van der Waals surface area (Å²) in [7, 11) is 0. The molecule has 31 heavy (non-hydrogen) atoms. The van der Waals surface area contributed by atoms with Crippen molar-refractivity contribution in [3.63, 3.8) is 0 Å². The second-order valence-corrected chi connectivity index (χ2v) is 7.00. The molecule has 4 aromatic rings. The van der Waals surface area contributed by atoms with Gasteiger partial charge in [0.05, 0.1) is 11.1 Å². The first-order chi connectivity index (χ1) is 14.7. The molecule has 0 saturated carbocycles. The quantitative estimate of drug-likeness (QED) is 0.405. The fourth-order valence-electron chi connectivity index (χ4n) is 3.70. The van der Waals surface area contributed by atoms with Crippen LogP contribution in [-0.4, -0.2) is 13.1 Å². The maximum atomic E-state index is 13.4. The highest BCUT2D eigenvalue weighted by atomic mass is 19.4. The van der Waals surface area contributed by atoms with Crippen molar-refractivity contribution < 1.29 is 22.0 Å². The van der Waals surface area contributed by atoms with Gasteiger partial charge in [-0.1, -0.05) is 18.2 Å². The first-order valence-electron chi connectivity index (χ1n) is 9.70. The van der Waals surface area contributed by atoms with Crippen molar-refractivity contribution in [1.29, 1.82) is 0 Å². The van der Waals surface area contributed by atoms with Gasteiger partial charge in [-0.05, 0) is 32.0 Å². The van der Waals surface area contributed by atoms with E-state index in [2.05, 4.69) is 4.90 Å². The second kappa shape index (κ2) is 7.61. The van der Waals surface area contributed by atoms with Gasteiger partial charge >= 0.3 is 17.4 Å². The van der Waals surface area contributed by atoms with E-state index in [1.165, 1.54) is 24.3 Å². The molecule has 0 unspecified atom stereocenters. The maximum absolute atomic E-state index is 13.4. The normalized spacial score (nSPS) is 11.9. The smallest absolute Gasteiger partial charge is 0.417 e. The molecule has 5 nitrogen and oxygen atoms in total. The molecular weight excluding hydrogens is 411 g/mol. The maximum Gasteiger partial charge on any atom is 0.417 e. The summed E-state index contributed by atoms with van der Waals surface area (Å²) >= 11 is 0. The average molecular weight is 429 g/mol. The molecule has 0 bridgehead atoms. The van der Waals surface area contributed by atoms with Crippen LogP contribution in [0.2, 0.25) is 0 Å². The Morgan fingerprint density at radius 1 is 0.903 bits per heavy atom. The second-order valence-electron chi connectivity index (χ2n) is 7.00. The molecular formula is C23H18F3NO4. The summed E-state index contributed by atoms with van der Waals surface area (Å²) in [6.07, 6.45) is -4.75. The molecule has 0 saturated heterocycles. The fourth-order valence-corrected chi connectivity index (χ4v) is 3.70. The van der Waals surface area contributed by atoms with Gasteiger partial charge in [-0.15, -0.1) is 0 Å². The van der Waals surface area contributed by atoms with Crippen LogP contribution in [0.5, 0.6) is 0 Å². The van der Waals surface area contributed by atoms with Crippen molar-refractivity contribution in [1.82, 2.24) is 0 Å². The van der Waals surface area contributed by atoms with Gasteiger partial charge in [-0.25, -0.2) is 9.59 Å².